The number of pyridine rings is 1. The van der Waals surface area contributed by atoms with Crippen molar-refractivity contribution in [3.63, 3.8) is 0 Å². The number of nitrogens with one attached hydrogen (secondary N) is 2. The van der Waals surface area contributed by atoms with Gasteiger partial charge in [-0.25, -0.2) is 0 Å². The van der Waals surface area contributed by atoms with Crippen LogP contribution in [0.1, 0.15) is 26.3 Å². The molecule has 0 aliphatic heterocycles. The number of amides is 1. The fourth-order valence-electron chi connectivity index (χ4n) is 2.84. The third-order valence-electron chi connectivity index (χ3n) is 4.12. The molecule has 2 aromatic carbocycles. The first-order valence-electron chi connectivity index (χ1n) is 8.58. The number of hydrogen-bond donors (Lipinski definition) is 2. The second kappa shape index (κ2) is 7.45. The van der Waals surface area contributed by atoms with Crippen LogP contribution >= 0.6 is 11.6 Å². The largest absolute Gasteiger partial charge is 0.484 e. The Labute approximate surface area is 162 Å². The lowest BCUT2D eigenvalue weighted by atomic mass is 9.85. The summed E-state index contributed by atoms with van der Waals surface area (Å²) < 4.78 is 5.44. The van der Waals surface area contributed by atoms with E-state index in [1.807, 2.05) is 12.1 Å². The Morgan fingerprint density at radius 3 is 2.48 bits per heavy atom. The molecule has 0 fully saturated rings. The van der Waals surface area contributed by atoms with Gasteiger partial charge in [0.25, 0.3) is 5.91 Å². The van der Waals surface area contributed by atoms with Crippen molar-refractivity contribution in [1.82, 2.24) is 4.98 Å². The average molecular weight is 385 g/mol. The average Bonchev–Trinajstić information content (AvgIpc) is 2.59. The summed E-state index contributed by atoms with van der Waals surface area (Å²) in [6, 6.07) is 13.9. The molecule has 0 unspecified atom stereocenters. The number of H-pyrrole nitrogens is 1. The molecule has 0 saturated heterocycles. The predicted molar refractivity (Wildman–Crippen MR) is 109 cm³/mol. The Balaban J connectivity index is 1.76. The summed E-state index contributed by atoms with van der Waals surface area (Å²) in [5, 5.41) is 4.34. The second-order valence-electron chi connectivity index (χ2n) is 7.35. The molecule has 5 nitrogen and oxygen atoms in total. The number of halogens is 1. The van der Waals surface area contributed by atoms with Crippen LogP contribution in [0.15, 0.2) is 53.3 Å². The van der Waals surface area contributed by atoms with Gasteiger partial charge in [0.05, 0.1) is 5.52 Å². The summed E-state index contributed by atoms with van der Waals surface area (Å²) in [6.45, 7) is 6.05. The smallest absolute Gasteiger partial charge is 0.262 e. The van der Waals surface area contributed by atoms with E-state index >= 15 is 0 Å². The molecular formula is C21H21ClN2O3. The van der Waals surface area contributed by atoms with E-state index in [1.54, 1.807) is 36.4 Å². The molecule has 0 aliphatic rings. The predicted octanol–water partition coefficient (Wildman–Crippen LogP) is 4.50. The van der Waals surface area contributed by atoms with Gasteiger partial charge in [0, 0.05) is 22.2 Å². The van der Waals surface area contributed by atoms with Crippen molar-refractivity contribution in [3.05, 3.63) is 69.5 Å². The van der Waals surface area contributed by atoms with E-state index in [2.05, 4.69) is 31.1 Å². The van der Waals surface area contributed by atoms with Crippen LogP contribution in [0.3, 0.4) is 0 Å². The highest BCUT2D eigenvalue weighted by Crippen LogP contribution is 2.29. The van der Waals surface area contributed by atoms with Gasteiger partial charge in [-0.15, -0.1) is 0 Å². The molecule has 0 radical (unpaired) electrons. The zero-order chi connectivity index (χ0) is 19.6. The Morgan fingerprint density at radius 1 is 1.11 bits per heavy atom. The van der Waals surface area contributed by atoms with Gasteiger partial charge in [0.2, 0.25) is 5.56 Å². The summed E-state index contributed by atoms with van der Waals surface area (Å²) >= 11 is 5.82. The summed E-state index contributed by atoms with van der Waals surface area (Å²) in [6.07, 6.45) is 0. The van der Waals surface area contributed by atoms with E-state index in [1.165, 1.54) is 0 Å². The molecule has 0 bridgehead atoms. The zero-order valence-corrected chi connectivity index (χ0v) is 16.2. The molecule has 1 heterocycles. The summed E-state index contributed by atoms with van der Waals surface area (Å²) in [5.74, 6) is 0.269. The third-order valence-corrected chi connectivity index (χ3v) is 4.37. The SMILES string of the molecule is CC(C)(C)c1cc(=O)[nH]c2cc(NC(=O)COc3ccc(Cl)cc3)ccc12. The molecule has 1 aromatic heterocycles. The van der Waals surface area contributed by atoms with Crippen molar-refractivity contribution < 1.29 is 9.53 Å². The molecule has 140 valence electrons. The molecule has 27 heavy (non-hydrogen) atoms. The highest BCUT2D eigenvalue weighted by atomic mass is 35.5. The minimum Gasteiger partial charge on any atom is -0.484 e. The highest BCUT2D eigenvalue weighted by Gasteiger charge is 2.18. The lowest BCUT2D eigenvalue weighted by Gasteiger charge is -2.21. The zero-order valence-electron chi connectivity index (χ0n) is 15.4. The van der Waals surface area contributed by atoms with E-state index in [4.69, 9.17) is 16.3 Å². The van der Waals surface area contributed by atoms with Gasteiger partial charge in [-0.3, -0.25) is 9.59 Å². The number of fused-ring (bicyclic) bond motifs is 1. The standard InChI is InChI=1S/C21H21ClN2O3/c1-21(2,3)17-11-19(25)24-18-10-14(6-9-16(17)18)23-20(26)12-27-15-7-4-13(22)5-8-15/h4-11H,12H2,1-3H3,(H,23,26)(H,24,25). The fraction of sp³-hybridized carbons (Fsp3) is 0.238. The molecule has 0 saturated carbocycles. The number of hydrogen-bond acceptors (Lipinski definition) is 3. The number of rotatable bonds is 4. The van der Waals surface area contributed by atoms with Crippen molar-refractivity contribution in [2.24, 2.45) is 0 Å². The van der Waals surface area contributed by atoms with Gasteiger partial charge < -0.3 is 15.0 Å². The molecule has 3 rings (SSSR count). The molecule has 0 aliphatic carbocycles. The Kier molecular flexibility index (Phi) is 5.24. The number of carbonyl (C=O) groups excluding carboxylic acids is 1. The number of aromatic amines is 1. The first-order valence-corrected chi connectivity index (χ1v) is 8.96. The maximum atomic E-state index is 12.1. The molecule has 1 amide bonds. The minimum absolute atomic E-state index is 0.127. The van der Waals surface area contributed by atoms with Crippen molar-refractivity contribution in [2.45, 2.75) is 26.2 Å². The summed E-state index contributed by atoms with van der Waals surface area (Å²) in [5.41, 5.74) is 1.91. The Bertz CT molecular complexity index is 1030. The first kappa shape index (κ1) is 19.0. The van der Waals surface area contributed by atoms with Gasteiger partial charge in [-0.1, -0.05) is 38.4 Å². The minimum atomic E-state index is -0.293. The maximum Gasteiger partial charge on any atom is 0.262 e. The molecule has 6 heteroatoms. The van der Waals surface area contributed by atoms with Crippen LogP contribution in [0.4, 0.5) is 5.69 Å². The fourth-order valence-corrected chi connectivity index (χ4v) is 2.96. The third kappa shape index (κ3) is 4.68. The van der Waals surface area contributed by atoms with Gasteiger partial charge in [-0.05, 0) is 47.4 Å². The topological polar surface area (TPSA) is 71.2 Å². The highest BCUT2D eigenvalue weighted by molar-refractivity contribution is 6.30. The molecular weight excluding hydrogens is 364 g/mol. The lowest BCUT2D eigenvalue weighted by Crippen LogP contribution is -2.20. The second-order valence-corrected chi connectivity index (χ2v) is 7.78. The van der Waals surface area contributed by atoms with Crippen molar-refractivity contribution in [2.75, 3.05) is 11.9 Å². The van der Waals surface area contributed by atoms with Crippen LogP contribution in [-0.4, -0.2) is 17.5 Å². The Morgan fingerprint density at radius 2 is 1.81 bits per heavy atom. The van der Waals surface area contributed by atoms with E-state index in [0.29, 0.717) is 22.0 Å². The van der Waals surface area contributed by atoms with Crippen LogP contribution < -0.4 is 15.6 Å². The lowest BCUT2D eigenvalue weighted by molar-refractivity contribution is -0.118. The summed E-state index contributed by atoms with van der Waals surface area (Å²) in [4.78, 5) is 27.0. The van der Waals surface area contributed by atoms with Gasteiger partial charge >= 0.3 is 0 Å². The molecule has 0 atom stereocenters. The quantitative estimate of drug-likeness (QED) is 0.695. The normalized spacial score (nSPS) is 11.4. The van der Waals surface area contributed by atoms with Crippen LogP contribution in [0, 0.1) is 0 Å². The van der Waals surface area contributed by atoms with E-state index in [0.717, 1.165) is 10.9 Å². The van der Waals surface area contributed by atoms with Gasteiger partial charge in [0.1, 0.15) is 5.75 Å². The number of carbonyl (C=O) groups is 1. The molecule has 0 spiro atoms. The number of benzene rings is 2. The number of aromatic nitrogens is 1. The van der Waals surface area contributed by atoms with E-state index < -0.39 is 0 Å². The van der Waals surface area contributed by atoms with Crippen LogP contribution in [-0.2, 0) is 10.2 Å². The van der Waals surface area contributed by atoms with Gasteiger partial charge in [-0.2, -0.15) is 0 Å². The molecule has 2 N–H and O–H groups in total. The van der Waals surface area contributed by atoms with E-state index in [9.17, 15) is 9.59 Å². The Hall–Kier alpha value is -2.79. The molecule has 3 aromatic rings. The van der Waals surface area contributed by atoms with Crippen LogP contribution in [0.5, 0.6) is 5.75 Å². The monoisotopic (exact) mass is 384 g/mol. The number of anilines is 1. The van der Waals surface area contributed by atoms with Crippen molar-refractivity contribution in [1.29, 1.82) is 0 Å². The maximum absolute atomic E-state index is 12.1. The van der Waals surface area contributed by atoms with Crippen molar-refractivity contribution >= 4 is 34.1 Å². The first-order chi connectivity index (χ1) is 12.7. The summed E-state index contributed by atoms with van der Waals surface area (Å²) in [7, 11) is 0. The van der Waals surface area contributed by atoms with Crippen LogP contribution in [0.25, 0.3) is 10.9 Å². The van der Waals surface area contributed by atoms with Crippen molar-refractivity contribution in [3.8, 4) is 5.75 Å². The number of ether oxygens (including phenoxy) is 1. The van der Waals surface area contributed by atoms with E-state index in [-0.39, 0.29) is 23.5 Å². The van der Waals surface area contributed by atoms with Crippen LogP contribution in [0.2, 0.25) is 5.02 Å². The van der Waals surface area contributed by atoms with Gasteiger partial charge in [0.15, 0.2) is 6.61 Å².